The van der Waals surface area contributed by atoms with Crippen LogP contribution in [0.4, 0.5) is 4.79 Å². The summed E-state index contributed by atoms with van der Waals surface area (Å²) in [5, 5.41) is 0. The van der Waals surface area contributed by atoms with Crippen molar-refractivity contribution in [1.29, 1.82) is 0 Å². The molecule has 1 atom stereocenters. The molecule has 0 bridgehead atoms. The molecule has 0 aromatic carbocycles. The van der Waals surface area contributed by atoms with E-state index in [1.54, 1.807) is 14.0 Å². The SMILES string of the molecule is CCOP(=O)(O)N1CCN(C)C1=O. The first-order valence-corrected chi connectivity index (χ1v) is 5.52. The highest BCUT2D eigenvalue weighted by atomic mass is 31.2. The van der Waals surface area contributed by atoms with Gasteiger partial charge in [-0.25, -0.2) is 14.0 Å². The van der Waals surface area contributed by atoms with Gasteiger partial charge in [-0.3, -0.25) is 4.52 Å². The monoisotopic (exact) mass is 208 g/mol. The van der Waals surface area contributed by atoms with Gasteiger partial charge in [0, 0.05) is 13.6 Å². The summed E-state index contributed by atoms with van der Waals surface area (Å²) < 4.78 is 16.9. The topological polar surface area (TPSA) is 70.1 Å². The van der Waals surface area contributed by atoms with Crippen molar-refractivity contribution in [2.75, 3.05) is 26.7 Å². The summed E-state index contributed by atoms with van der Waals surface area (Å²) in [7, 11) is -2.31. The van der Waals surface area contributed by atoms with Crippen molar-refractivity contribution in [3.8, 4) is 0 Å². The van der Waals surface area contributed by atoms with Crippen molar-refractivity contribution in [1.82, 2.24) is 9.57 Å². The number of amides is 2. The molecule has 1 N–H and O–H groups in total. The summed E-state index contributed by atoms with van der Waals surface area (Å²) >= 11 is 0. The van der Waals surface area contributed by atoms with Crippen molar-refractivity contribution in [2.24, 2.45) is 0 Å². The number of carbonyl (C=O) groups excluding carboxylic acids is 1. The van der Waals surface area contributed by atoms with E-state index in [2.05, 4.69) is 4.52 Å². The molecule has 0 radical (unpaired) electrons. The largest absolute Gasteiger partial charge is 0.436 e. The summed E-state index contributed by atoms with van der Waals surface area (Å²) in [4.78, 5) is 22.0. The molecule has 0 aliphatic carbocycles. The Morgan fingerprint density at radius 1 is 1.62 bits per heavy atom. The Morgan fingerprint density at radius 3 is 2.62 bits per heavy atom. The fourth-order valence-electron chi connectivity index (χ4n) is 1.11. The first-order chi connectivity index (χ1) is 5.99. The first kappa shape index (κ1) is 10.5. The van der Waals surface area contributed by atoms with Crippen LogP contribution in [0.1, 0.15) is 6.92 Å². The zero-order chi connectivity index (χ0) is 10.1. The molecule has 7 heteroatoms. The van der Waals surface area contributed by atoms with Crippen LogP contribution < -0.4 is 0 Å². The zero-order valence-corrected chi connectivity index (χ0v) is 8.53. The maximum Gasteiger partial charge on any atom is 0.436 e. The van der Waals surface area contributed by atoms with Crippen LogP contribution >= 0.6 is 7.75 Å². The molecule has 13 heavy (non-hydrogen) atoms. The van der Waals surface area contributed by atoms with Crippen molar-refractivity contribution in [3.63, 3.8) is 0 Å². The van der Waals surface area contributed by atoms with E-state index in [0.29, 0.717) is 6.54 Å². The zero-order valence-electron chi connectivity index (χ0n) is 7.63. The van der Waals surface area contributed by atoms with Crippen molar-refractivity contribution >= 4 is 13.8 Å². The first-order valence-electron chi connectivity index (χ1n) is 3.99. The lowest BCUT2D eigenvalue weighted by Crippen LogP contribution is -2.27. The van der Waals surface area contributed by atoms with Crippen LogP contribution in [0.25, 0.3) is 0 Å². The maximum atomic E-state index is 11.4. The Hall–Kier alpha value is -0.580. The second-order valence-electron chi connectivity index (χ2n) is 2.74. The third-order valence-electron chi connectivity index (χ3n) is 1.80. The average molecular weight is 208 g/mol. The highest BCUT2D eigenvalue weighted by Gasteiger charge is 2.39. The number of hydrogen-bond donors (Lipinski definition) is 1. The Labute approximate surface area is 76.7 Å². The molecule has 0 aromatic rings. The van der Waals surface area contributed by atoms with Crippen LogP contribution in [0, 0.1) is 0 Å². The highest BCUT2D eigenvalue weighted by molar-refractivity contribution is 7.51. The number of nitrogens with zero attached hydrogens (tertiary/aromatic N) is 2. The molecule has 1 unspecified atom stereocenters. The third kappa shape index (κ3) is 2.02. The van der Waals surface area contributed by atoms with E-state index < -0.39 is 13.8 Å². The molecule has 1 rings (SSSR count). The lowest BCUT2D eigenvalue weighted by Gasteiger charge is -2.20. The molecule has 6 nitrogen and oxygen atoms in total. The second-order valence-corrected chi connectivity index (χ2v) is 4.46. The molecule has 1 saturated heterocycles. The van der Waals surface area contributed by atoms with Gasteiger partial charge < -0.3 is 9.79 Å². The van der Waals surface area contributed by atoms with Gasteiger partial charge in [0.25, 0.3) is 0 Å². The van der Waals surface area contributed by atoms with Crippen LogP contribution in [-0.4, -0.2) is 47.2 Å². The van der Waals surface area contributed by atoms with E-state index in [1.165, 1.54) is 4.90 Å². The Bertz CT molecular complexity index is 257. The Kier molecular flexibility index (Phi) is 2.95. The van der Waals surface area contributed by atoms with Crippen LogP contribution in [0.15, 0.2) is 0 Å². The molecule has 0 aromatic heterocycles. The minimum absolute atomic E-state index is 0.112. The normalized spacial score (nSPS) is 22.2. The summed E-state index contributed by atoms with van der Waals surface area (Å²) in [6.45, 7) is 2.41. The predicted octanol–water partition coefficient (Wildman–Crippen LogP) is 0.491. The molecule has 1 aliphatic heterocycles. The number of carbonyl (C=O) groups is 1. The number of urea groups is 1. The van der Waals surface area contributed by atoms with Gasteiger partial charge in [-0.05, 0) is 6.92 Å². The molecule has 1 fully saturated rings. The Balaban J connectivity index is 2.73. The summed E-state index contributed by atoms with van der Waals surface area (Å²) in [6, 6.07) is -0.459. The highest BCUT2D eigenvalue weighted by Crippen LogP contribution is 2.47. The number of hydrogen-bond acceptors (Lipinski definition) is 3. The molecule has 76 valence electrons. The molecule has 2 amide bonds. The van der Waals surface area contributed by atoms with E-state index in [4.69, 9.17) is 0 Å². The third-order valence-corrected chi connectivity index (χ3v) is 3.37. The van der Waals surface area contributed by atoms with Gasteiger partial charge in [-0.2, -0.15) is 0 Å². The van der Waals surface area contributed by atoms with E-state index in [9.17, 15) is 14.3 Å². The molecule has 1 heterocycles. The van der Waals surface area contributed by atoms with Gasteiger partial charge in [0.05, 0.1) is 13.2 Å². The molecule has 1 aliphatic rings. The summed E-state index contributed by atoms with van der Waals surface area (Å²) in [5.74, 6) is 0. The van der Waals surface area contributed by atoms with Gasteiger partial charge in [0.15, 0.2) is 0 Å². The van der Waals surface area contributed by atoms with Crippen molar-refractivity contribution in [3.05, 3.63) is 0 Å². The minimum Gasteiger partial charge on any atom is -0.326 e. The predicted molar refractivity (Wildman–Crippen MR) is 46.2 cm³/mol. The second kappa shape index (κ2) is 3.65. The van der Waals surface area contributed by atoms with Gasteiger partial charge in [0.2, 0.25) is 0 Å². The van der Waals surface area contributed by atoms with Crippen LogP contribution in [0.3, 0.4) is 0 Å². The average Bonchev–Trinajstić information content (AvgIpc) is 2.33. The standard InChI is InChI=1S/C6H13N2O4P/c1-3-12-13(10,11)8-5-4-7(2)6(8)9/h3-5H2,1-2H3,(H,10,11). The molecule has 0 saturated carbocycles. The van der Waals surface area contributed by atoms with Gasteiger partial charge in [-0.15, -0.1) is 0 Å². The summed E-state index contributed by atoms with van der Waals surface area (Å²) in [6.07, 6.45) is 0. The lowest BCUT2D eigenvalue weighted by atomic mass is 10.7. The molecule has 0 spiro atoms. The fourth-order valence-corrected chi connectivity index (χ4v) is 2.29. The van der Waals surface area contributed by atoms with E-state index in [0.717, 1.165) is 4.67 Å². The summed E-state index contributed by atoms with van der Waals surface area (Å²) in [5.41, 5.74) is 0. The van der Waals surface area contributed by atoms with Crippen LogP contribution in [0.2, 0.25) is 0 Å². The lowest BCUT2D eigenvalue weighted by molar-refractivity contribution is 0.193. The van der Waals surface area contributed by atoms with E-state index in [-0.39, 0.29) is 13.2 Å². The van der Waals surface area contributed by atoms with E-state index >= 15 is 0 Å². The van der Waals surface area contributed by atoms with Crippen molar-refractivity contribution < 1.29 is 18.8 Å². The maximum absolute atomic E-state index is 11.4. The van der Waals surface area contributed by atoms with E-state index in [1.807, 2.05) is 0 Å². The minimum atomic E-state index is -3.89. The molecular weight excluding hydrogens is 195 g/mol. The van der Waals surface area contributed by atoms with Gasteiger partial charge in [-0.1, -0.05) is 0 Å². The quantitative estimate of drug-likeness (QED) is 0.685. The van der Waals surface area contributed by atoms with Crippen LogP contribution in [0.5, 0.6) is 0 Å². The smallest absolute Gasteiger partial charge is 0.326 e. The van der Waals surface area contributed by atoms with Gasteiger partial charge in [0.1, 0.15) is 0 Å². The number of likely N-dealkylation sites (N-methyl/N-ethyl adjacent to an activating group) is 1. The Morgan fingerprint density at radius 2 is 2.23 bits per heavy atom. The molecular formula is C6H13N2O4P. The van der Waals surface area contributed by atoms with Crippen molar-refractivity contribution in [2.45, 2.75) is 6.92 Å². The number of rotatable bonds is 3. The van der Waals surface area contributed by atoms with Gasteiger partial charge >= 0.3 is 13.8 Å². The fraction of sp³-hybridized carbons (Fsp3) is 0.833. The van der Waals surface area contributed by atoms with Crippen LogP contribution in [-0.2, 0) is 9.09 Å².